The van der Waals surface area contributed by atoms with Crippen molar-refractivity contribution in [3.63, 3.8) is 0 Å². The zero-order valence-corrected chi connectivity index (χ0v) is 14.7. The van der Waals surface area contributed by atoms with E-state index in [4.69, 9.17) is 4.74 Å². The fraction of sp³-hybridized carbons (Fsp3) is 0.143. The van der Waals surface area contributed by atoms with Crippen molar-refractivity contribution >= 4 is 23.8 Å². The van der Waals surface area contributed by atoms with E-state index >= 15 is 0 Å². The molecule has 0 saturated heterocycles. The van der Waals surface area contributed by atoms with Gasteiger partial charge >= 0.3 is 0 Å². The fourth-order valence-corrected chi connectivity index (χ4v) is 5.36. The van der Waals surface area contributed by atoms with Gasteiger partial charge in [-0.25, -0.2) is 0 Å². The molecule has 23 heavy (non-hydrogen) atoms. The van der Waals surface area contributed by atoms with Crippen LogP contribution in [-0.4, -0.2) is 7.11 Å². The van der Waals surface area contributed by atoms with Crippen LogP contribution in [0.15, 0.2) is 72.8 Å². The minimum Gasteiger partial charge on any atom is -0.497 e. The predicted molar refractivity (Wildman–Crippen MR) is 101 cm³/mol. The van der Waals surface area contributed by atoms with E-state index in [1.807, 2.05) is 0 Å². The monoisotopic (exact) mass is 320 g/mol. The first-order valence-corrected chi connectivity index (χ1v) is 9.10. The molecule has 0 aromatic heterocycles. The van der Waals surface area contributed by atoms with Gasteiger partial charge in [-0.1, -0.05) is 60.7 Å². The van der Waals surface area contributed by atoms with E-state index in [0.717, 1.165) is 5.75 Å². The van der Waals surface area contributed by atoms with Gasteiger partial charge in [0.1, 0.15) is 5.75 Å². The van der Waals surface area contributed by atoms with E-state index < -0.39 is 7.92 Å². The van der Waals surface area contributed by atoms with Crippen molar-refractivity contribution in [3.8, 4) is 5.75 Å². The average Bonchev–Trinajstić information content (AvgIpc) is 2.59. The smallest absolute Gasteiger partial charge is 0.118 e. The molecule has 0 N–H and O–H groups in total. The molecule has 0 saturated carbocycles. The third-order valence-corrected chi connectivity index (χ3v) is 6.83. The van der Waals surface area contributed by atoms with Crippen LogP contribution in [0.25, 0.3) is 0 Å². The normalized spacial score (nSPS) is 10.8. The number of hydrogen-bond donors (Lipinski definition) is 0. The Morgan fingerprint density at radius 1 is 0.652 bits per heavy atom. The Labute approximate surface area is 139 Å². The SMILES string of the molecule is COc1ccc(P(c2ccccc2C)c2ccccc2C)cc1. The molecule has 116 valence electrons. The summed E-state index contributed by atoms with van der Waals surface area (Å²) in [4.78, 5) is 0. The zero-order valence-electron chi connectivity index (χ0n) is 13.8. The molecule has 0 bridgehead atoms. The number of hydrogen-bond acceptors (Lipinski definition) is 1. The van der Waals surface area contributed by atoms with Gasteiger partial charge in [-0.3, -0.25) is 0 Å². The summed E-state index contributed by atoms with van der Waals surface area (Å²) >= 11 is 0. The molecule has 0 heterocycles. The summed E-state index contributed by atoms with van der Waals surface area (Å²) in [5, 5.41) is 4.19. The van der Waals surface area contributed by atoms with Gasteiger partial charge in [0.15, 0.2) is 0 Å². The van der Waals surface area contributed by atoms with Crippen LogP contribution < -0.4 is 20.7 Å². The Morgan fingerprint density at radius 3 is 1.57 bits per heavy atom. The van der Waals surface area contributed by atoms with E-state index in [9.17, 15) is 0 Å². The molecular weight excluding hydrogens is 299 g/mol. The second-order valence-corrected chi connectivity index (χ2v) is 7.76. The van der Waals surface area contributed by atoms with Crippen molar-refractivity contribution in [2.45, 2.75) is 13.8 Å². The molecule has 3 rings (SSSR count). The molecule has 0 aliphatic rings. The molecule has 0 atom stereocenters. The highest BCUT2D eigenvalue weighted by atomic mass is 31.1. The molecule has 0 amide bonds. The van der Waals surface area contributed by atoms with Crippen LogP contribution in [0, 0.1) is 13.8 Å². The summed E-state index contributed by atoms with van der Waals surface area (Å²) < 4.78 is 5.31. The summed E-state index contributed by atoms with van der Waals surface area (Å²) in [7, 11) is 1.15. The Balaban J connectivity index is 2.17. The van der Waals surface area contributed by atoms with E-state index in [0.29, 0.717) is 0 Å². The Bertz CT molecular complexity index is 747. The molecular formula is C21H21OP. The number of ether oxygens (including phenoxy) is 1. The molecule has 0 aliphatic carbocycles. The first-order valence-electron chi connectivity index (χ1n) is 7.76. The molecule has 1 nitrogen and oxygen atoms in total. The standard InChI is InChI=1S/C21H21OP/c1-16-8-4-6-10-20(16)23(21-11-7-5-9-17(21)2)19-14-12-18(22-3)13-15-19/h4-15H,1-3H3. The summed E-state index contributed by atoms with van der Waals surface area (Å²) in [6.45, 7) is 4.40. The molecule has 2 heteroatoms. The van der Waals surface area contributed by atoms with E-state index in [2.05, 4.69) is 86.6 Å². The van der Waals surface area contributed by atoms with Gasteiger partial charge in [0.2, 0.25) is 0 Å². The Hall–Kier alpha value is -2.11. The molecule has 0 fully saturated rings. The zero-order chi connectivity index (χ0) is 16.2. The van der Waals surface area contributed by atoms with Gasteiger partial charge < -0.3 is 4.74 Å². The quantitative estimate of drug-likeness (QED) is 0.659. The minimum absolute atomic E-state index is 0.561. The second kappa shape index (κ2) is 6.98. The average molecular weight is 320 g/mol. The minimum atomic E-state index is -0.561. The van der Waals surface area contributed by atoms with Gasteiger partial charge in [-0.2, -0.15) is 0 Å². The maximum Gasteiger partial charge on any atom is 0.118 e. The lowest BCUT2D eigenvalue weighted by atomic mass is 10.2. The van der Waals surface area contributed by atoms with Crippen LogP contribution in [-0.2, 0) is 0 Å². The summed E-state index contributed by atoms with van der Waals surface area (Å²) in [6, 6.07) is 25.9. The molecule has 0 unspecified atom stereocenters. The summed E-state index contributed by atoms with van der Waals surface area (Å²) in [5.41, 5.74) is 2.69. The maximum absolute atomic E-state index is 5.31. The van der Waals surface area contributed by atoms with Crippen molar-refractivity contribution in [2.24, 2.45) is 0 Å². The molecule has 3 aromatic rings. The molecule has 0 aliphatic heterocycles. The van der Waals surface area contributed by atoms with E-state index in [1.54, 1.807) is 7.11 Å². The van der Waals surface area contributed by atoms with Crippen molar-refractivity contribution in [2.75, 3.05) is 7.11 Å². The lowest BCUT2D eigenvalue weighted by molar-refractivity contribution is 0.415. The highest BCUT2D eigenvalue weighted by molar-refractivity contribution is 7.80. The Morgan fingerprint density at radius 2 is 1.13 bits per heavy atom. The van der Waals surface area contributed by atoms with Crippen LogP contribution in [0.2, 0.25) is 0 Å². The van der Waals surface area contributed by atoms with Gasteiger partial charge in [-0.15, -0.1) is 0 Å². The number of benzene rings is 3. The largest absolute Gasteiger partial charge is 0.497 e. The molecule has 0 radical (unpaired) electrons. The van der Waals surface area contributed by atoms with Gasteiger partial charge in [0.05, 0.1) is 7.11 Å². The van der Waals surface area contributed by atoms with E-state index in [1.165, 1.54) is 27.0 Å². The van der Waals surface area contributed by atoms with Crippen LogP contribution in [0.3, 0.4) is 0 Å². The number of rotatable bonds is 4. The number of methoxy groups -OCH3 is 1. The number of aryl methyl sites for hydroxylation is 2. The predicted octanol–water partition coefficient (Wildman–Crippen LogP) is 4.07. The van der Waals surface area contributed by atoms with Gasteiger partial charge in [-0.05, 0) is 60.9 Å². The summed E-state index contributed by atoms with van der Waals surface area (Å²) in [6.07, 6.45) is 0. The van der Waals surface area contributed by atoms with Crippen molar-refractivity contribution in [1.29, 1.82) is 0 Å². The highest BCUT2D eigenvalue weighted by Crippen LogP contribution is 2.35. The first kappa shape index (κ1) is 15.8. The van der Waals surface area contributed by atoms with Crippen LogP contribution in [0.1, 0.15) is 11.1 Å². The first-order chi connectivity index (χ1) is 11.2. The molecule has 3 aromatic carbocycles. The maximum atomic E-state index is 5.31. The molecule has 0 spiro atoms. The van der Waals surface area contributed by atoms with E-state index in [-0.39, 0.29) is 0 Å². The van der Waals surface area contributed by atoms with Crippen molar-refractivity contribution in [1.82, 2.24) is 0 Å². The third kappa shape index (κ3) is 3.30. The van der Waals surface area contributed by atoms with Gasteiger partial charge in [0.25, 0.3) is 0 Å². The van der Waals surface area contributed by atoms with Crippen LogP contribution >= 0.6 is 7.92 Å². The van der Waals surface area contributed by atoms with Crippen LogP contribution in [0.5, 0.6) is 5.75 Å². The Kier molecular flexibility index (Phi) is 4.79. The summed E-state index contributed by atoms with van der Waals surface area (Å²) in [5.74, 6) is 0.901. The lowest BCUT2D eigenvalue weighted by Gasteiger charge is -2.23. The highest BCUT2D eigenvalue weighted by Gasteiger charge is 2.19. The van der Waals surface area contributed by atoms with Crippen molar-refractivity contribution < 1.29 is 4.74 Å². The second-order valence-electron chi connectivity index (χ2n) is 5.61. The third-order valence-electron chi connectivity index (χ3n) is 4.04. The van der Waals surface area contributed by atoms with Gasteiger partial charge in [0, 0.05) is 0 Å². The lowest BCUT2D eigenvalue weighted by Crippen LogP contribution is -2.23. The van der Waals surface area contributed by atoms with Crippen molar-refractivity contribution in [3.05, 3.63) is 83.9 Å². The van der Waals surface area contributed by atoms with Crippen LogP contribution in [0.4, 0.5) is 0 Å². The topological polar surface area (TPSA) is 9.23 Å². The fourth-order valence-electron chi connectivity index (χ4n) is 2.77.